The molecule has 0 unspecified atom stereocenters. The Morgan fingerprint density at radius 1 is 1.09 bits per heavy atom. The molecule has 6 nitrogen and oxygen atoms in total. The van der Waals surface area contributed by atoms with Gasteiger partial charge in [0.2, 0.25) is 0 Å². The van der Waals surface area contributed by atoms with Crippen molar-refractivity contribution in [2.75, 3.05) is 13.7 Å². The Kier molecular flexibility index (Phi) is 8.59. The lowest BCUT2D eigenvalue weighted by Crippen LogP contribution is -2.20. The van der Waals surface area contributed by atoms with E-state index in [9.17, 15) is 18.0 Å². The van der Waals surface area contributed by atoms with Gasteiger partial charge in [0.1, 0.15) is 17.2 Å². The Bertz CT molecular complexity index is 1260. The monoisotopic (exact) mass is 505 g/mol. The summed E-state index contributed by atoms with van der Waals surface area (Å²) in [6.45, 7) is 0.590. The Hall–Kier alpha value is -3.72. The zero-order valence-corrected chi connectivity index (χ0v) is 19.5. The summed E-state index contributed by atoms with van der Waals surface area (Å²) < 4.78 is 51.7. The van der Waals surface area contributed by atoms with Gasteiger partial charge in [0.25, 0.3) is 5.56 Å². The largest absolute Gasteiger partial charge is 0.493 e. The zero-order valence-electron chi connectivity index (χ0n) is 18.7. The first-order valence-corrected chi connectivity index (χ1v) is 10.9. The van der Waals surface area contributed by atoms with Crippen LogP contribution in [-0.2, 0) is 19.1 Å². The van der Waals surface area contributed by atoms with Crippen LogP contribution in [0.3, 0.4) is 0 Å². The van der Waals surface area contributed by atoms with Crippen molar-refractivity contribution in [3.63, 3.8) is 0 Å². The number of allylic oxidation sites excluding steroid dienone is 1. The average Bonchev–Trinajstić information content (AvgIpc) is 2.82. The number of rotatable bonds is 10. The molecule has 0 spiro atoms. The van der Waals surface area contributed by atoms with Crippen LogP contribution in [0.5, 0.6) is 17.2 Å². The molecule has 3 aromatic rings. The first-order valence-electron chi connectivity index (χ1n) is 10.5. The molecule has 0 bridgehead atoms. The maximum absolute atomic E-state index is 13.0. The molecular formula is C25H23ClF3N3O3. The van der Waals surface area contributed by atoms with E-state index in [1.807, 2.05) is 0 Å². The Balaban J connectivity index is 1.55. The van der Waals surface area contributed by atoms with Gasteiger partial charge in [-0.15, -0.1) is 0 Å². The van der Waals surface area contributed by atoms with E-state index in [0.717, 1.165) is 17.7 Å². The van der Waals surface area contributed by atoms with Gasteiger partial charge in [0, 0.05) is 43.7 Å². The van der Waals surface area contributed by atoms with Crippen LogP contribution in [0, 0.1) is 5.41 Å². The molecule has 1 aromatic heterocycles. The van der Waals surface area contributed by atoms with Crippen LogP contribution >= 0.6 is 11.6 Å². The number of aromatic nitrogens is 1. The molecular weight excluding hydrogens is 483 g/mol. The van der Waals surface area contributed by atoms with Crippen LogP contribution in [0.15, 0.2) is 77.4 Å². The molecule has 0 saturated heterocycles. The molecule has 35 heavy (non-hydrogen) atoms. The molecule has 0 fully saturated rings. The molecule has 3 rings (SSSR count). The van der Waals surface area contributed by atoms with Crippen LogP contribution in [0.4, 0.5) is 13.2 Å². The lowest BCUT2D eigenvalue weighted by Gasteiger charge is -2.12. The standard InChI is InChI=1S/C25H23ClF3N3O3/c1-31-15-18(14-30)16-32-10-8-20(13-24(32)33)34-11-9-17-2-4-19(5-3-17)35-21-6-7-23(26)22(12-21)25(27,28)29/h2-8,10,12-15,30-31H,9,11,16H2,1H3/b18-15+,30-14?. The number of ether oxygens (including phenoxy) is 2. The Morgan fingerprint density at radius 2 is 1.80 bits per heavy atom. The highest BCUT2D eigenvalue weighted by molar-refractivity contribution is 6.31. The van der Waals surface area contributed by atoms with Crippen molar-refractivity contribution < 1.29 is 22.6 Å². The fourth-order valence-electron chi connectivity index (χ4n) is 3.16. The molecule has 0 saturated carbocycles. The summed E-state index contributed by atoms with van der Waals surface area (Å²) in [7, 11) is 1.72. The summed E-state index contributed by atoms with van der Waals surface area (Å²) in [5.41, 5.74) is 0.365. The van der Waals surface area contributed by atoms with Crippen LogP contribution in [0.1, 0.15) is 11.1 Å². The minimum absolute atomic E-state index is 0.0294. The zero-order chi connectivity index (χ0) is 25.4. The number of halogens is 4. The van der Waals surface area contributed by atoms with Gasteiger partial charge in [0.15, 0.2) is 0 Å². The van der Waals surface area contributed by atoms with E-state index in [2.05, 4.69) is 5.32 Å². The molecule has 0 aliphatic heterocycles. The minimum Gasteiger partial charge on any atom is -0.493 e. The topological polar surface area (TPSA) is 76.3 Å². The second-order valence-corrected chi connectivity index (χ2v) is 7.87. The van der Waals surface area contributed by atoms with E-state index < -0.39 is 11.7 Å². The molecule has 2 N–H and O–H groups in total. The maximum Gasteiger partial charge on any atom is 0.417 e. The molecule has 0 atom stereocenters. The number of pyridine rings is 1. The SMILES string of the molecule is CN/C=C(\C=N)Cn1ccc(OCCc2ccc(Oc3ccc(Cl)c(C(F)(F)F)c3)cc2)cc1=O. The average molecular weight is 506 g/mol. The van der Waals surface area contributed by atoms with E-state index in [1.165, 1.54) is 22.9 Å². The Morgan fingerprint density at radius 3 is 2.43 bits per heavy atom. The predicted molar refractivity (Wildman–Crippen MR) is 129 cm³/mol. The van der Waals surface area contributed by atoms with E-state index in [4.69, 9.17) is 26.5 Å². The van der Waals surface area contributed by atoms with Crippen LogP contribution in [-0.4, -0.2) is 24.4 Å². The molecule has 0 aliphatic rings. The van der Waals surface area contributed by atoms with Crippen molar-refractivity contribution in [1.82, 2.24) is 9.88 Å². The van der Waals surface area contributed by atoms with Crippen molar-refractivity contribution in [3.8, 4) is 17.2 Å². The summed E-state index contributed by atoms with van der Waals surface area (Å²) in [5, 5.41) is 9.82. The predicted octanol–water partition coefficient (Wildman–Crippen LogP) is 5.69. The highest BCUT2D eigenvalue weighted by Gasteiger charge is 2.33. The second kappa shape index (κ2) is 11.6. The summed E-state index contributed by atoms with van der Waals surface area (Å²) in [5.74, 6) is 0.843. The molecule has 0 radical (unpaired) electrons. The highest BCUT2D eigenvalue weighted by atomic mass is 35.5. The third-order valence-corrected chi connectivity index (χ3v) is 5.23. The molecule has 10 heteroatoms. The van der Waals surface area contributed by atoms with E-state index in [1.54, 1.807) is 49.8 Å². The van der Waals surface area contributed by atoms with Crippen molar-refractivity contribution >= 4 is 17.8 Å². The quantitative estimate of drug-likeness (QED) is 0.347. The van der Waals surface area contributed by atoms with Crippen molar-refractivity contribution in [2.24, 2.45) is 0 Å². The fraction of sp³-hybridized carbons (Fsp3) is 0.200. The normalized spacial score (nSPS) is 11.7. The van der Waals surface area contributed by atoms with Gasteiger partial charge in [0.05, 0.1) is 23.7 Å². The molecule has 184 valence electrons. The van der Waals surface area contributed by atoms with Crippen LogP contribution in [0.25, 0.3) is 0 Å². The lowest BCUT2D eigenvalue weighted by molar-refractivity contribution is -0.137. The van der Waals surface area contributed by atoms with Gasteiger partial charge in [-0.2, -0.15) is 13.2 Å². The molecule has 0 amide bonds. The van der Waals surface area contributed by atoms with Crippen LogP contribution < -0.4 is 20.3 Å². The molecule has 1 heterocycles. The van der Waals surface area contributed by atoms with Crippen molar-refractivity contribution in [2.45, 2.75) is 19.1 Å². The molecule has 0 aliphatic carbocycles. The fourth-order valence-corrected chi connectivity index (χ4v) is 3.38. The summed E-state index contributed by atoms with van der Waals surface area (Å²) in [6, 6.07) is 13.3. The van der Waals surface area contributed by atoms with Gasteiger partial charge >= 0.3 is 6.18 Å². The van der Waals surface area contributed by atoms with Gasteiger partial charge < -0.3 is 24.8 Å². The first-order chi connectivity index (χ1) is 16.7. The number of benzene rings is 2. The third-order valence-electron chi connectivity index (χ3n) is 4.90. The van der Waals surface area contributed by atoms with Gasteiger partial charge in [-0.3, -0.25) is 4.79 Å². The summed E-state index contributed by atoms with van der Waals surface area (Å²) in [4.78, 5) is 12.3. The first kappa shape index (κ1) is 25.9. The minimum atomic E-state index is -4.57. The van der Waals surface area contributed by atoms with Gasteiger partial charge in [-0.1, -0.05) is 23.7 Å². The number of nitrogens with zero attached hydrogens (tertiary/aromatic N) is 1. The number of hydrogen-bond acceptors (Lipinski definition) is 5. The Labute approximate surface area is 205 Å². The number of alkyl halides is 3. The van der Waals surface area contributed by atoms with Crippen molar-refractivity contribution in [1.29, 1.82) is 5.41 Å². The highest BCUT2D eigenvalue weighted by Crippen LogP contribution is 2.37. The lowest BCUT2D eigenvalue weighted by atomic mass is 10.1. The number of nitrogens with one attached hydrogen (secondary N) is 2. The van der Waals surface area contributed by atoms with Gasteiger partial charge in [-0.25, -0.2) is 0 Å². The third kappa shape index (κ3) is 7.38. The smallest absolute Gasteiger partial charge is 0.417 e. The summed E-state index contributed by atoms with van der Waals surface area (Å²) in [6.07, 6.45) is 0.413. The maximum atomic E-state index is 13.0. The summed E-state index contributed by atoms with van der Waals surface area (Å²) >= 11 is 5.63. The van der Waals surface area contributed by atoms with Crippen LogP contribution in [0.2, 0.25) is 5.02 Å². The van der Waals surface area contributed by atoms with Gasteiger partial charge in [-0.05, 0) is 42.0 Å². The van der Waals surface area contributed by atoms with E-state index >= 15 is 0 Å². The molecule has 2 aromatic carbocycles. The number of hydrogen-bond donors (Lipinski definition) is 2. The second-order valence-electron chi connectivity index (χ2n) is 7.46. The van der Waals surface area contributed by atoms with E-state index in [0.29, 0.717) is 30.1 Å². The van der Waals surface area contributed by atoms with E-state index in [-0.39, 0.29) is 22.9 Å². The van der Waals surface area contributed by atoms with Crippen molar-refractivity contribution in [3.05, 3.63) is 99.1 Å².